The molecule has 32 heavy (non-hydrogen) atoms. The summed E-state index contributed by atoms with van der Waals surface area (Å²) in [5.41, 5.74) is 0.103. The number of non-ortho nitro benzene ring substituents is 1. The Morgan fingerprint density at radius 3 is 2.66 bits per heavy atom. The van der Waals surface area contributed by atoms with E-state index in [9.17, 15) is 24.8 Å². The SMILES string of the molecule is CCN(CC)CCN1C(=O)C(O)=C(C(=O)/C=C/c2ccco2)C1c1cccc([N+](=O)[O-])c1. The van der Waals surface area contributed by atoms with Crippen LogP contribution in [0.1, 0.15) is 31.2 Å². The lowest BCUT2D eigenvalue weighted by molar-refractivity contribution is -0.384. The predicted molar refractivity (Wildman–Crippen MR) is 118 cm³/mol. The Morgan fingerprint density at radius 1 is 1.28 bits per heavy atom. The number of amides is 1. The zero-order valence-electron chi connectivity index (χ0n) is 17.9. The number of ketones is 1. The van der Waals surface area contributed by atoms with Crippen LogP contribution in [0.15, 0.2) is 64.5 Å². The van der Waals surface area contributed by atoms with Gasteiger partial charge in [0.05, 0.1) is 22.8 Å². The van der Waals surface area contributed by atoms with E-state index < -0.39 is 28.4 Å². The number of aliphatic hydroxyl groups is 1. The Balaban J connectivity index is 2.00. The molecule has 9 heteroatoms. The van der Waals surface area contributed by atoms with Gasteiger partial charge in [-0.15, -0.1) is 0 Å². The summed E-state index contributed by atoms with van der Waals surface area (Å²) in [7, 11) is 0. The molecule has 0 spiro atoms. The van der Waals surface area contributed by atoms with Crippen molar-refractivity contribution in [2.75, 3.05) is 26.2 Å². The first kappa shape index (κ1) is 23.0. The fourth-order valence-electron chi connectivity index (χ4n) is 3.71. The summed E-state index contributed by atoms with van der Waals surface area (Å²) in [4.78, 5) is 40.2. The second kappa shape index (κ2) is 10.1. The minimum absolute atomic E-state index is 0.113. The molecular weight excluding hydrogens is 414 g/mol. The molecule has 0 radical (unpaired) electrons. The number of allylic oxidation sites excluding steroid dienone is 1. The summed E-state index contributed by atoms with van der Waals surface area (Å²) in [5.74, 6) is -1.46. The van der Waals surface area contributed by atoms with Gasteiger partial charge in [-0.1, -0.05) is 26.0 Å². The van der Waals surface area contributed by atoms with E-state index in [2.05, 4.69) is 4.90 Å². The van der Waals surface area contributed by atoms with Crippen molar-refractivity contribution >= 4 is 23.5 Å². The number of benzene rings is 1. The third-order valence-electron chi connectivity index (χ3n) is 5.46. The van der Waals surface area contributed by atoms with Gasteiger partial charge in [0, 0.05) is 25.2 Å². The molecule has 1 atom stereocenters. The van der Waals surface area contributed by atoms with E-state index in [0.717, 1.165) is 13.1 Å². The minimum Gasteiger partial charge on any atom is -0.503 e. The number of rotatable bonds is 10. The molecule has 1 amide bonds. The standard InChI is InChI=1S/C23H25N3O6/c1-3-24(4-2)12-13-25-21(16-7-5-8-17(15-16)26(30)31)20(22(28)23(25)29)19(27)11-10-18-9-6-14-32-18/h5-11,14-15,21,28H,3-4,12-13H2,1-2H3/b11-10+. The van der Waals surface area contributed by atoms with E-state index in [4.69, 9.17) is 4.42 Å². The molecule has 1 aliphatic rings. The third-order valence-corrected chi connectivity index (χ3v) is 5.46. The van der Waals surface area contributed by atoms with Gasteiger partial charge in [0.2, 0.25) is 0 Å². The predicted octanol–water partition coefficient (Wildman–Crippen LogP) is 3.51. The third kappa shape index (κ3) is 4.78. The highest BCUT2D eigenvalue weighted by atomic mass is 16.6. The Morgan fingerprint density at radius 2 is 2.03 bits per heavy atom. The van der Waals surface area contributed by atoms with Crippen molar-refractivity contribution < 1.29 is 24.0 Å². The monoisotopic (exact) mass is 439 g/mol. The second-order valence-electron chi connectivity index (χ2n) is 7.26. The Labute approximate surface area is 185 Å². The largest absolute Gasteiger partial charge is 0.503 e. The first-order valence-corrected chi connectivity index (χ1v) is 10.3. The van der Waals surface area contributed by atoms with Crippen molar-refractivity contribution in [3.63, 3.8) is 0 Å². The lowest BCUT2D eigenvalue weighted by Gasteiger charge is -2.29. The molecule has 2 aromatic rings. The number of carbonyl (C=O) groups is 2. The van der Waals surface area contributed by atoms with Crippen LogP contribution in [0, 0.1) is 10.1 Å². The Kier molecular flexibility index (Phi) is 7.21. The molecule has 2 heterocycles. The fourth-order valence-corrected chi connectivity index (χ4v) is 3.71. The highest BCUT2D eigenvalue weighted by molar-refractivity contribution is 6.14. The zero-order chi connectivity index (χ0) is 23.3. The maximum atomic E-state index is 13.0. The van der Waals surface area contributed by atoms with Crippen LogP contribution in [-0.4, -0.2) is 57.7 Å². The number of aliphatic hydroxyl groups excluding tert-OH is 1. The number of hydrogen-bond acceptors (Lipinski definition) is 7. The van der Waals surface area contributed by atoms with Crippen molar-refractivity contribution in [3.05, 3.63) is 81.5 Å². The maximum absolute atomic E-state index is 13.0. The smallest absolute Gasteiger partial charge is 0.290 e. The molecule has 1 aromatic carbocycles. The van der Waals surface area contributed by atoms with Crippen LogP contribution in [0.25, 0.3) is 6.08 Å². The van der Waals surface area contributed by atoms with Gasteiger partial charge in [0.1, 0.15) is 5.76 Å². The van der Waals surface area contributed by atoms with Crippen LogP contribution in [0.3, 0.4) is 0 Å². The molecule has 1 aliphatic heterocycles. The molecule has 9 nitrogen and oxygen atoms in total. The van der Waals surface area contributed by atoms with Crippen LogP contribution in [-0.2, 0) is 9.59 Å². The fraction of sp³-hybridized carbons (Fsp3) is 0.304. The first-order chi connectivity index (χ1) is 15.4. The molecule has 3 rings (SSSR count). The van der Waals surface area contributed by atoms with Gasteiger partial charge in [-0.2, -0.15) is 0 Å². The van der Waals surface area contributed by atoms with Crippen molar-refractivity contribution in [2.45, 2.75) is 19.9 Å². The summed E-state index contributed by atoms with van der Waals surface area (Å²) >= 11 is 0. The summed E-state index contributed by atoms with van der Waals surface area (Å²) < 4.78 is 5.18. The van der Waals surface area contributed by atoms with Gasteiger partial charge in [-0.25, -0.2) is 0 Å². The normalized spacial score (nSPS) is 16.5. The van der Waals surface area contributed by atoms with Crippen molar-refractivity contribution in [2.24, 2.45) is 0 Å². The van der Waals surface area contributed by atoms with Crippen molar-refractivity contribution in [3.8, 4) is 0 Å². The zero-order valence-corrected chi connectivity index (χ0v) is 17.9. The van der Waals surface area contributed by atoms with E-state index in [-0.39, 0.29) is 17.8 Å². The highest BCUT2D eigenvalue weighted by Crippen LogP contribution is 2.38. The Bertz CT molecular complexity index is 1050. The Hall–Kier alpha value is -3.72. The van der Waals surface area contributed by atoms with Gasteiger partial charge in [-0.05, 0) is 42.9 Å². The first-order valence-electron chi connectivity index (χ1n) is 10.3. The number of likely N-dealkylation sites (N-methyl/N-ethyl adjacent to an activating group) is 1. The number of nitrogens with zero attached hydrogens (tertiary/aromatic N) is 3. The molecule has 0 saturated carbocycles. The topological polar surface area (TPSA) is 117 Å². The van der Waals surface area contributed by atoms with Crippen LogP contribution in [0.2, 0.25) is 0 Å². The minimum atomic E-state index is -0.938. The summed E-state index contributed by atoms with van der Waals surface area (Å²) in [6, 6.07) is 8.15. The van der Waals surface area contributed by atoms with Gasteiger partial charge in [0.15, 0.2) is 11.5 Å². The average molecular weight is 439 g/mol. The number of hydrogen-bond donors (Lipinski definition) is 1. The van der Waals surface area contributed by atoms with Crippen molar-refractivity contribution in [1.82, 2.24) is 9.80 Å². The van der Waals surface area contributed by atoms with Crippen molar-refractivity contribution in [1.29, 1.82) is 0 Å². The summed E-state index contributed by atoms with van der Waals surface area (Å²) in [5, 5.41) is 21.9. The molecule has 0 saturated heterocycles. The number of nitro groups is 1. The molecule has 0 fully saturated rings. The van der Waals surface area contributed by atoms with Crippen LogP contribution in [0.4, 0.5) is 5.69 Å². The average Bonchev–Trinajstić information content (AvgIpc) is 3.40. The summed E-state index contributed by atoms with van der Waals surface area (Å²) in [6.45, 7) is 6.32. The van der Waals surface area contributed by atoms with E-state index in [1.54, 1.807) is 18.2 Å². The second-order valence-corrected chi connectivity index (χ2v) is 7.26. The van der Waals surface area contributed by atoms with Gasteiger partial charge in [-0.3, -0.25) is 19.7 Å². The number of nitro benzene ring substituents is 1. The van der Waals surface area contributed by atoms with E-state index in [0.29, 0.717) is 17.9 Å². The molecular formula is C23H25N3O6. The van der Waals surface area contributed by atoms with Crippen LogP contribution >= 0.6 is 0 Å². The van der Waals surface area contributed by atoms with E-state index >= 15 is 0 Å². The van der Waals surface area contributed by atoms with E-state index in [1.165, 1.54) is 41.5 Å². The summed E-state index contributed by atoms with van der Waals surface area (Å²) in [6.07, 6.45) is 4.12. The molecule has 1 aromatic heterocycles. The molecule has 168 valence electrons. The highest BCUT2D eigenvalue weighted by Gasteiger charge is 2.43. The lowest BCUT2D eigenvalue weighted by atomic mass is 9.95. The van der Waals surface area contributed by atoms with Gasteiger partial charge >= 0.3 is 0 Å². The molecule has 1 unspecified atom stereocenters. The molecule has 0 aliphatic carbocycles. The van der Waals surface area contributed by atoms with Gasteiger partial charge < -0.3 is 19.3 Å². The van der Waals surface area contributed by atoms with E-state index in [1.807, 2.05) is 13.8 Å². The van der Waals surface area contributed by atoms with Gasteiger partial charge in [0.25, 0.3) is 11.6 Å². The quantitative estimate of drug-likeness (QED) is 0.342. The molecule has 0 bridgehead atoms. The number of furan rings is 1. The van der Waals surface area contributed by atoms with Crippen LogP contribution < -0.4 is 0 Å². The lowest BCUT2D eigenvalue weighted by Crippen LogP contribution is -2.38. The molecule has 1 N–H and O–H groups in total. The number of carbonyl (C=O) groups excluding carboxylic acids is 2. The van der Waals surface area contributed by atoms with Crippen LogP contribution in [0.5, 0.6) is 0 Å². The maximum Gasteiger partial charge on any atom is 0.290 e.